The molecule has 4 rings (SSSR count). The van der Waals surface area contributed by atoms with Crippen molar-refractivity contribution in [1.82, 2.24) is 15.3 Å². The number of Topliss-reactive ketones (excluding diaryl/α,β-unsaturated/α-hetero) is 1. The molecular formula is C22H22N6O4. The lowest BCUT2D eigenvalue weighted by atomic mass is 9.73. The third-order valence-electron chi connectivity index (χ3n) is 5.74. The maximum Gasteiger partial charge on any atom is 0.293 e. The van der Waals surface area contributed by atoms with Gasteiger partial charge in [0.05, 0.1) is 28.1 Å². The second-order valence-corrected chi connectivity index (χ2v) is 8.02. The molecule has 1 aliphatic carbocycles. The Morgan fingerprint density at radius 2 is 2.06 bits per heavy atom. The number of para-hydroxylation sites is 1. The van der Waals surface area contributed by atoms with Gasteiger partial charge < -0.3 is 21.8 Å². The van der Waals surface area contributed by atoms with Gasteiger partial charge in [0.25, 0.3) is 5.91 Å². The summed E-state index contributed by atoms with van der Waals surface area (Å²) in [5, 5.41) is 11.5. The Morgan fingerprint density at radius 3 is 2.75 bits per heavy atom. The van der Waals surface area contributed by atoms with Gasteiger partial charge in [-0.3, -0.25) is 19.1 Å². The number of hydrogen-bond acceptors (Lipinski definition) is 7. The highest BCUT2D eigenvalue weighted by molar-refractivity contribution is 6.09. The molecule has 10 nitrogen and oxygen atoms in total. The first-order valence-electron chi connectivity index (χ1n) is 9.98. The number of nitrogens with one attached hydrogen (secondary N) is 3. The molecule has 0 saturated heterocycles. The number of amides is 2. The molecule has 32 heavy (non-hydrogen) atoms. The molecule has 0 fully saturated rings. The van der Waals surface area contributed by atoms with Gasteiger partial charge >= 0.3 is 0 Å². The smallest absolute Gasteiger partial charge is 0.293 e. The molecule has 1 aromatic carbocycles. The van der Waals surface area contributed by atoms with Crippen molar-refractivity contribution in [3.8, 4) is 0 Å². The quantitative estimate of drug-likeness (QED) is 0.308. The van der Waals surface area contributed by atoms with Gasteiger partial charge in [-0.05, 0) is 37.4 Å². The maximum absolute atomic E-state index is 13.2. The standard InChI is InChI=1S/C22H22N6O4/c1-22(21(31)27-32)10-15-18(16(30)11-22)19(26-14-5-3-2-4-6-14)20(28(15)23)13-7-8-24-17(9-13)25-12-29/h2-9,12,17,24,26H,10-11,23H2,1H3,(H,25,29). The van der Waals surface area contributed by atoms with Crippen molar-refractivity contribution in [2.24, 2.45) is 10.6 Å². The van der Waals surface area contributed by atoms with Gasteiger partial charge in [0, 0.05) is 29.3 Å². The Balaban J connectivity index is 1.90. The number of anilines is 2. The number of nitrogens with two attached hydrogens (primary N) is 1. The van der Waals surface area contributed by atoms with E-state index in [-0.39, 0.29) is 18.6 Å². The van der Waals surface area contributed by atoms with Crippen LogP contribution in [0.2, 0.25) is 0 Å². The Morgan fingerprint density at radius 1 is 1.31 bits per heavy atom. The van der Waals surface area contributed by atoms with Crippen molar-refractivity contribution < 1.29 is 14.4 Å². The molecular weight excluding hydrogens is 412 g/mol. The minimum atomic E-state index is -1.26. The fourth-order valence-electron chi connectivity index (χ4n) is 4.17. The van der Waals surface area contributed by atoms with Crippen LogP contribution in [0.25, 0.3) is 5.57 Å². The molecule has 0 saturated carbocycles. The summed E-state index contributed by atoms with van der Waals surface area (Å²) in [5.41, 5.74) is 1.95. The topological polar surface area (TPSA) is 148 Å². The van der Waals surface area contributed by atoms with Crippen LogP contribution in [0.5, 0.6) is 0 Å². The molecule has 164 valence electrons. The van der Waals surface area contributed by atoms with E-state index in [4.69, 9.17) is 5.84 Å². The second kappa shape index (κ2) is 8.14. The zero-order chi connectivity index (χ0) is 22.9. The summed E-state index contributed by atoms with van der Waals surface area (Å²) in [6.45, 7) is 1.54. The third-order valence-corrected chi connectivity index (χ3v) is 5.74. The van der Waals surface area contributed by atoms with Crippen LogP contribution >= 0.6 is 0 Å². The van der Waals surface area contributed by atoms with Crippen molar-refractivity contribution in [2.45, 2.75) is 25.9 Å². The number of nitrogens with zero attached hydrogens (tertiary/aromatic N) is 2. The van der Waals surface area contributed by atoms with Gasteiger partial charge in [-0.2, -0.15) is 0 Å². The molecule has 2 unspecified atom stereocenters. The van der Waals surface area contributed by atoms with E-state index in [1.54, 1.807) is 25.3 Å². The zero-order valence-electron chi connectivity index (χ0n) is 17.3. The van der Waals surface area contributed by atoms with Gasteiger partial charge in [-0.15, -0.1) is 4.91 Å². The molecule has 2 aromatic rings. The van der Waals surface area contributed by atoms with Crippen LogP contribution < -0.4 is 21.8 Å². The van der Waals surface area contributed by atoms with Gasteiger partial charge in [-0.25, -0.2) is 0 Å². The average Bonchev–Trinajstić information content (AvgIpc) is 3.05. The molecule has 2 heterocycles. The van der Waals surface area contributed by atoms with Crippen molar-refractivity contribution in [1.29, 1.82) is 0 Å². The van der Waals surface area contributed by atoms with E-state index in [0.717, 1.165) is 5.69 Å². The van der Waals surface area contributed by atoms with E-state index in [0.29, 0.717) is 34.6 Å². The Labute approximate surface area is 183 Å². The lowest BCUT2D eigenvalue weighted by molar-refractivity contribution is -0.126. The fourth-order valence-corrected chi connectivity index (χ4v) is 4.17. The fraction of sp³-hybridized carbons (Fsp3) is 0.227. The molecule has 0 radical (unpaired) electrons. The highest BCUT2D eigenvalue weighted by Gasteiger charge is 2.45. The summed E-state index contributed by atoms with van der Waals surface area (Å²) in [7, 11) is 0. The number of allylic oxidation sites excluding steroid dienone is 2. The van der Waals surface area contributed by atoms with E-state index >= 15 is 0 Å². The predicted molar refractivity (Wildman–Crippen MR) is 119 cm³/mol. The average molecular weight is 434 g/mol. The molecule has 0 spiro atoms. The van der Waals surface area contributed by atoms with Crippen LogP contribution in [0.1, 0.15) is 35.1 Å². The van der Waals surface area contributed by atoms with Gasteiger partial charge in [-0.1, -0.05) is 18.2 Å². The van der Waals surface area contributed by atoms with Crippen LogP contribution in [0, 0.1) is 10.3 Å². The number of benzene rings is 1. The maximum atomic E-state index is 13.2. The Hall–Kier alpha value is -4.21. The van der Waals surface area contributed by atoms with Gasteiger partial charge in [0.15, 0.2) is 5.78 Å². The largest absolute Gasteiger partial charge is 0.368 e. The minimum Gasteiger partial charge on any atom is -0.368 e. The number of fused-ring (bicyclic) bond motifs is 1. The molecule has 2 atom stereocenters. The van der Waals surface area contributed by atoms with Crippen molar-refractivity contribution in [2.75, 3.05) is 11.2 Å². The van der Waals surface area contributed by atoms with Crippen LogP contribution in [-0.4, -0.2) is 28.9 Å². The summed E-state index contributed by atoms with van der Waals surface area (Å²) < 4.78 is 1.37. The molecule has 1 aliphatic heterocycles. The molecule has 2 amide bonds. The first kappa shape index (κ1) is 21.0. The monoisotopic (exact) mass is 434 g/mol. The molecule has 5 N–H and O–H groups in total. The number of hydrogen-bond donors (Lipinski definition) is 4. The van der Waals surface area contributed by atoms with Crippen molar-refractivity contribution in [3.63, 3.8) is 0 Å². The van der Waals surface area contributed by atoms with E-state index in [9.17, 15) is 19.3 Å². The zero-order valence-corrected chi connectivity index (χ0v) is 17.3. The van der Waals surface area contributed by atoms with Crippen LogP contribution in [0.3, 0.4) is 0 Å². The number of rotatable bonds is 6. The Bertz CT molecular complexity index is 1160. The SMILES string of the molecule is CC1(C(=O)N=O)CC(=O)c2c(Nc3ccccc3)c(C3=CC(NC=O)NC=C3)n(N)c2C1. The highest BCUT2D eigenvalue weighted by atomic mass is 16.3. The summed E-state index contributed by atoms with van der Waals surface area (Å²) in [6.07, 6.45) is 5.24. The number of aromatic nitrogens is 1. The number of dihydropyridines is 1. The number of carbonyl (C=O) groups is 3. The lowest BCUT2D eigenvalue weighted by Crippen LogP contribution is -2.38. The number of ketones is 1. The van der Waals surface area contributed by atoms with Crippen LogP contribution in [0.4, 0.5) is 11.4 Å². The summed E-state index contributed by atoms with van der Waals surface area (Å²) in [6, 6.07) is 9.29. The number of carbonyl (C=O) groups excluding carboxylic acids is 3. The Kier molecular flexibility index (Phi) is 5.35. The van der Waals surface area contributed by atoms with E-state index in [1.165, 1.54) is 4.68 Å². The number of nitrogen functional groups attached to an aromatic ring is 1. The summed E-state index contributed by atoms with van der Waals surface area (Å²) in [4.78, 5) is 47.3. The summed E-state index contributed by atoms with van der Waals surface area (Å²) in [5.74, 6) is 5.28. The second-order valence-electron chi connectivity index (χ2n) is 8.02. The molecule has 0 bridgehead atoms. The van der Waals surface area contributed by atoms with Crippen LogP contribution in [-0.2, 0) is 16.0 Å². The molecule has 2 aliphatic rings. The first-order chi connectivity index (χ1) is 15.4. The third kappa shape index (κ3) is 3.55. The predicted octanol–water partition coefficient (Wildman–Crippen LogP) is 1.95. The van der Waals surface area contributed by atoms with E-state index < -0.39 is 17.5 Å². The first-order valence-corrected chi connectivity index (χ1v) is 9.98. The normalized spacial score (nSPS) is 21.7. The number of nitroso groups, excluding NO2 is 1. The lowest BCUT2D eigenvalue weighted by Gasteiger charge is -2.29. The van der Waals surface area contributed by atoms with Gasteiger partial charge in [0.2, 0.25) is 6.41 Å². The molecule has 1 aromatic heterocycles. The highest BCUT2D eigenvalue weighted by Crippen LogP contribution is 2.44. The van der Waals surface area contributed by atoms with Crippen molar-refractivity contribution in [3.05, 3.63) is 70.5 Å². The molecule has 10 heteroatoms. The van der Waals surface area contributed by atoms with Crippen LogP contribution in [0.15, 0.2) is 53.9 Å². The van der Waals surface area contributed by atoms with Crippen molar-refractivity contribution >= 4 is 35.0 Å². The van der Waals surface area contributed by atoms with E-state index in [2.05, 4.69) is 21.1 Å². The summed E-state index contributed by atoms with van der Waals surface area (Å²) >= 11 is 0. The van der Waals surface area contributed by atoms with Gasteiger partial charge in [0.1, 0.15) is 6.17 Å². The minimum absolute atomic E-state index is 0.0872. The van der Waals surface area contributed by atoms with E-state index in [1.807, 2.05) is 30.3 Å².